The van der Waals surface area contributed by atoms with Crippen LogP contribution in [-0.4, -0.2) is 57.0 Å². The molecule has 7 nitrogen and oxygen atoms in total. The van der Waals surface area contributed by atoms with Gasteiger partial charge in [0.2, 0.25) is 0 Å². The highest BCUT2D eigenvalue weighted by Crippen LogP contribution is 2.57. The van der Waals surface area contributed by atoms with Crippen LogP contribution in [0.2, 0.25) is 18.1 Å². The predicted molar refractivity (Wildman–Crippen MR) is 154 cm³/mol. The Morgan fingerprint density at radius 3 is 1.82 bits per heavy atom. The van der Waals surface area contributed by atoms with E-state index in [9.17, 15) is 19.2 Å². The van der Waals surface area contributed by atoms with Crippen LogP contribution in [0.3, 0.4) is 0 Å². The number of carbonyl (C=O) groups excluding carboxylic acids is 4. The van der Waals surface area contributed by atoms with Crippen LogP contribution in [0.25, 0.3) is 0 Å². The molecule has 0 fully saturated rings. The van der Waals surface area contributed by atoms with Crippen molar-refractivity contribution in [1.29, 1.82) is 0 Å². The number of rotatable bonds is 10. The van der Waals surface area contributed by atoms with E-state index in [0.717, 1.165) is 28.9 Å². The smallest absolute Gasteiger partial charge is 0.328 e. The topological polar surface area (TPSA) is 90.0 Å². The lowest BCUT2D eigenvalue weighted by molar-refractivity contribution is -0.165. The molecule has 2 amide bonds. The lowest BCUT2D eigenvalue weighted by Gasteiger charge is -2.37. The monoisotopic (exact) mass is 565 g/mol. The maximum absolute atomic E-state index is 13.8. The zero-order chi connectivity index (χ0) is 28.4. The van der Waals surface area contributed by atoms with Gasteiger partial charge in [0.25, 0.3) is 11.8 Å². The Bertz CT molecular complexity index is 1260. The van der Waals surface area contributed by atoms with E-state index in [1.165, 1.54) is 30.9 Å². The van der Waals surface area contributed by atoms with Crippen molar-refractivity contribution in [1.82, 2.24) is 4.90 Å². The number of esters is 2. The highest BCUT2D eigenvalue weighted by molar-refractivity contribution is 8.02. The molecular formula is C30H35NO6SSi. The van der Waals surface area contributed by atoms with Crippen molar-refractivity contribution >= 4 is 43.6 Å². The van der Waals surface area contributed by atoms with E-state index in [-0.39, 0.29) is 6.42 Å². The number of fused-ring (bicyclic) bond motifs is 1. The van der Waals surface area contributed by atoms with Crippen molar-refractivity contribution in [2.75, 3.05) is 14.2 Å². The molecule has 0 radical (unpaired) electrons. The molecule has 39 heavy (non-hydrogen) atoms. The van der Waals surface area contributed by atoms with E-state index < -0.39 is 43.3 Å². The van der Waals surface area contributed by atoms with E-state index in [1.807, 2.05) is 30.3 Å². The normalized spacial score (nSPS) is 18.4. The average Bonchev–Trinajstić information content (AvgIpc) is 3.45. The third-order valence-electron chi connectivity index (χ3n) is 8.50. The summed E-state index contributed by atoms with van der Waals surface area (Å²) in [5.41, 5.74) is -0.0637. The maximum atomic E-state index is 13.8. The second-order valence-corrected chi connectivity index (χ2v) is 16.2. The molecule has 0 saturated carbocycles. The van der Waals surface area contributed by atoms with Crippen molar-refractivity contribution in [3.8, 4) is 0 Å². The van der Waals surface area contributed by atoms with Crippen LogP contribution in [0.1, 0.15) is 53.5 Å². The second-order valence-electron chi connectivity index (χ2n) is 9.99. The second kappa shape index (κ2) is 11.5. The van der Waals surface area contributed by atoms with Crippen molar-refractivity contribution in [3.63, 3.8) is 0 Å². The van der Waals surface area contributed by atoms with Crippen LogP contribution in [0.4, 0.5) is 0 Å². The molecule has 0 spiro atoms. The Kier molecular flexibility index (Phi) is 8.51. The predicted octanol–water partition coefficient (Wildman–Crippen LogP) is 5.62. The largest absolute Gasteiger partial charge is 0.468 e. The fraction of sp³-hybridized carbons (Fsp3) is 0.400. The van der Waals surface area contributed by atoms with Crippen LogP contribution < -0.4 is 0 Å². The SMILES string of the molecule is CC[Si](CC)(CC)C1=C(SCc2ccccc2)C(C(=O)OC)(C(=O)OC)CC1N1C(=O)c2ccccc2C1=O. The Labute approximate surface area is 234 Å². The lowest BCUT2D eigenvalue weighted by atomic mass is 9.86. The summed E-state index contributed by atoms with van der Waals surface area (Å²) in [5, 5.41) is 0.918. The summed E-state index contributed by atoms with van der Waals surface area (Å²) in [7, 11) is 0.124. The molecular weight excluding hydrogens is 530 g/mol. The lowest BCUT2D eigenvalue weighted by Crippen LogP contribution is -2.49. The minimum Gasteiger partial charge on any atom is -0.468 e. The van der Waals surface area contributed by atoms with E-state index >= 15 is 0 Å². The Morgan fingerprint density at radius 1 is 0.872 bits per heavy atom. The first-order valence-corrected chi connectivity index (χ1v) is 16.9. The van der Waals surface area contributed by atoms with Crippen molar-refractivity contribution in [2.45, 2.75) is 57.1 Å². The van der Waals surface area contributed by atoms with Gasteiger partial charge in [0.15, 0.2) is 5.41 Å². The number of methoxy groups -OCH3 is 2. The summed E-state index contributed by atoms with van der Waals surface area (Å²) < 4.78 is 10.5. The van der Waals surface area contributed by atoms with Gasteiger partial charge in [0.1, 0.15) is 0 Å². The highest BCUT2D eigenvalue weighted by Gasteiger charge is 2.64. The molecule has 1 unspecified atom stereocenters. The molecule has 1 atom stereocenters. The number of imide groups is 1. The first-order chi connectivity index (χ1) is 18.8. The number of hydrogen-bond donors (Lipinski definition) is 0. The summed E-state index contributed by atoms with van der Waals surface area (Å²) in [6.45, 7) is 6.38. The van der Waals surface area contributed by atoms with Gasteiger partial charge in [-0.1, -0.05) is 81.4 Å². The average molecular weight is 566 g/mol. The molecule has 1 aliphatic carbocycles. The molecule has 2 aliphatic rings. The van der Waals surface area contributed by atoms with Crippen LogP contribution in [0, 0.1) is 5.41 Å². The molecule has 0 N–H and O–H groups in total. The Morgan fingerprint density at radius 2 is 1.36 bits per heavy atom. The number of thioether (sulfide) groups is 1. The first kappa shape index (κ1) is 28.8. The van der Waals surface area contributed by atoms with Crippen LogP contribution in [0.15, 0.2) is 64.7 Å². The van der Waals surface area contributed by atoms with Gasteiger partial charge in [-0.05, 0) is 22.9 Å². The van der Waals surface area contributed by atoms with Crippen molar-refractivity contribution in [3.05, 3.63) is 81.4 Å². The third-order valence-corrected chi connectivity index (χ3v) is 15.8. The fourth-order valence-electron chi connectivity index (χ4n) is 6.21. The molecule has 206 valence electrons. The zero-order valence-corrected chi connectivity index (χ0v) is 24.9. The van der Waals surface area contributed by atoms with Gasteiger partial charge in [-0.2, -0.15) is 0 Å². The number of amides is 2. The van der Waals surface area contributed by atoms with Crippen LogP contribution in [-0.2, 0) is 24.8 Å². The molecule has 2 aromatic carbocycles. The molecule has 4 rings (SSSR count). The van der Waals surface area contributed by atoms with Gasteiger partial charge in [0, 0.05) is 17.1 Å². The first-order valence-electron chi connectivity index (χ1n) is 13.3. The number of hydrogen-bond acceptors (Lipinski definition) is 7. The van der Waals surface area contributed by atoms with Crippen molar-refractivity contribution in [2.24, 2.45) is 5.41 Å². The molecule has 1 aliphatic heterocycles. The number of ether oxygens (including phenoxy) is 2. The highest BCUT2D eigenvalue weighted by atomic mass is 32.2. The quantitative estimate of drug-likeness (QED) is 0.160. The third kappa shape index (κ3) is 4.55. The summed E-state index contributed by atoms with van der Waals surface area (Å²) in [6, 6.07) is 18.3. The van der Waals surface area contributed by atoms with Gasteiger partial charge in [-0.15, -0.1) is 11.8 Å². The minimum absolute atomic E-state index is 0.0843. The minimum atomic E-state index is -2.39. The summed E-state index contributed by atoms with van der Waals surface area (Å²) >= 11 is 1.42. The van der Waals surface area contributed by atoms with E-state index in [1.54, 1.807) is 24.3 Å². The Balaban J connectivity index is 2.00. The number of carbonyl (C=O) groups is 4. The molecule has 0 bridgehead atoms. The summed E-state index contributed by atoms with van der Waals surface area (Å²) in [4.78, 5) is 56.8. The van der Waals surface area contributed by atoms with E-state index in [0.29, 0.717) is 21.8 Å². The summed E-state index contributed by atoms with van der Waals surface area (Å²) in [6.07, 6.45) is -0.0843. The van der Waals surface area contributed by atoms with Gasteiger partial charge < -0.3 is 9.47 Å². The maximum Gasteiger partial charge on any atom is 0.328 e. The van der Waals surface area contributed by atoms with Gasteiger partial charge in [-0.25, -0.2) is 0 Å². The molecule has 9 heteroatoms. The van der Waals surface area contributed by atoms with Crippen molar-refractivity contribution < 1.29 is 28.7 Å². The van der Waals surface area contributed by atoms with Crippen LogP contribution in [0.5, 0.6) is 0 Å². The van der Waals surface area contributed by atoms with Gasteiger partial charge in [0.05, 0.1) is 39.5 Å². The van der Waals surface area contributed by atoms with Crippen LogP contribution >= 0.6 is 11.8 Å². The molecule has 2 aromatic rings. The zero-order valence-electron chi connectivity index (χ0n) is 23.1. The molecule has 0 aromatic heterocycles. The van der Waals surface area contributed by atoms with Gasteiger partial charge in [-0.3, -0.25) is 24.1 Å². The number of benzene rings is 2. The van der Waals surface area contributed by atoms with E-state index in [4.69, 9.17) is 9.47 Å². The number of nitrogens with zero attached hydrogens (tertiary/aromatic N) is 1. The Hall–Kier alpha value is -3.17. The fourth-order valence-corrected chi connectivity index (χ4v) is 12.6. The summed E-state index contributed by atoms with van der Waals surface area (Å²) in [5.74, 6) is -1.75. The van der Waals surface area contributed by atoms with E-state index in [2.05, 4.69) is 20.8 Å². The standard InChI is InChI=1S/C30H35NO6SSi/c1-6-39(7-2,8-3)24-23(31-26(32)21-16-12-13-17-22(21)27(31)33)18-30(28(34)36-4,29(35)37-5)25(24)38-19-20-14-10-9-11-15-20/h9-17,23H,6-8,18-19H2,1-5H3. The van der Waals surface area contributed by atoms with Gasteiger partial charge >= 0.3 is 11.9 Å². The molecule has 1 heterocycles. The molecule has 0 saturated heterocycles.